The van der Waals surface area contributed by atoms with Crippen molar-refractivity contribution in [2.24, 2.45) is 46.3 Å². The molecule has 0 bridgehead atoms. The molecule has 2 N–H and O–H groups in total. The molecule has 4 saturated carbocycles. The Morgan fingerprint density at radius 1 is 1.05 bits per heavy atom. The third-order valence-electron chi connectivity index (χ3n) is 13.0. The van der Waals surface area contributed by atoms with E-state index in [4.69, 9.17) is 4.74 Å². The molecular weight excluding hydrogens is 508 g/mol. The Balaban J connectivity index is 1.10. The second-order valence-electron chi connectivity index (χ2n) is 15.0. The summed E-state index contributed by atoms with van der Waals surface area (Å²) in [6, 6.07) is 6.82. The number of methoxy groups -OCH3 is 1. The number of pyridine rings is 1. The van der Waals surface area contributed by atoms with Gasteiger partial charge in [-0.1, -0.05) is 39.7 Å². The van der Waals surface area contributed by atoms with Crippen LogP contribution in [0.3, 0.4) is 0 Å². The maximum Gasteiger partial charge on any atom is 0.305 e. The zero-order chi connectivity index (χ0) is 29.0. The smallest absolute Gasteiger partial charge is 0.305 e. The Kier molecular flexibility index (Phi) is 10.2. The molecule has 4 aliphatic rings. The number of aromatic nitrogens is 1. The van der Waals surface area contributed by atoms with Crippen LogP contribution in [0.1, 0.15) is 116 Å². The van der Waals surface area contributed by atoms with Crippen LogP contribution in [0, 0.1) is 46.3 Å². The third-order valence-corrected chi connectivity index (χ3v) is 13.0. The fraction of sp³-hybridized carbons (Fsp3) is 0.833. The van der Waals surface area contributed by atoms with Crippen molar-refractivity contribution < 1.29 is 14.6 Å². The van der Waals surface area contributed by atoms with Gasteiger partial charge in [0.2, 0.25) is 0 Å². The predicted molar refractivity (Wildman–Crippen MR) is 165 cm³/mol. The molecule has 5 rings (SSSR count). The molecule has 4 fully saturated rings. The van der Waals surface area contributed by atoms with Gasteiger partial charge in [-0.05, 0) is 142 Å². The van der Waals surface area contributed by atoms with E-state index in [1.807, 2.05) is 12.3 Å². The standard InChI is InChI=1S/C36H58N2O3/c1-25(13-16-33(40)41-4)29-14-15-30-34-31(18-20-36(29,30)3)35(2)19-17-28(23-26(35)24-32(34)39)38-21-9-6-5-7-11-27-12-8-10-22-37-27/h8,10,12,22,25-26,28-32,34,38-39H,5-7,9,11,13-21,23-24H2,1-4H3/t25-,26-,28-,29-,30?,31?,32?,34?,35+,36-/m1/s1. The highest BCUT2D eigenvalue weighted by molar-refractivity contribution is 5.69. The second-order valence-corrected chi connectivity index (χ2v) is 15.0. The molecule has 5 nitrogen and oxygen atoms in total. The van der Waals surface area contributed by atoms with E-state index in [0.717, 1.165) is 25.8 Å². The summed E-state index contributed by atoms with van der Waals surface area (Å²) in [5.41, 5.74) is 1.90. The molecule has 1 heterocycles. The van der Waals surface area contributed by atoms with Gasteiger partial charge in [0.05, 0.1) is 13.2 Å². The number of aryl methyl sites for hydroxylation is 1. The summed E-state index contributed by atoms with van der Waals surface area (Å²) in [6.45, 7) is 8.63. The van der Waals surface area contributed by atoms with Gasteiger partial charge in [-0.15, -0.1) is 0 Å². The first-order valence-electron chi connectivity index (χ1n) is 17.1. The summed E-state index contributed by atoms with van der Waals surface area (Å²) >= 11 is 0. The highest BCUT2D eigenvalue weighted by atomic mass is 16.5. The highest BCUT2D eigenvalue weighted by Gasteiger charge is 2.62. The summed E-state index contributed by atoms with van der Waals surface area (Å²) in [4.78, 5) is 16.3. The number of nitrogens with zero attached hydrogens (tertiary/aromatic N) is 1. The number of aliphatic hydroxyl groups is 1. The number of ether oxygens (including phenoxy) is 1. The molecule has 0 spiro atoms. The Bertz CT molecular complexity index is 986. The molecule has 0 saturated heterocycles. The molecule has 0 aliphatic heterocycles. The lowest BCUT2D eigenvalue weighted by Crippen LogP contribution is -2.59. The summed E-state index contributed by atoms with van der Waals surface area (Å²) in [5, 5.41) is 15.7. The van der Waals surface area contributed by atoms with Gasteiger partial charge in [-0.25, -0.2) is 0 Å². The molecular formula is C36H58N2O3. The Labute approximate surface area is 250 Å². The molecule has 1 aromatic rings. The van der Waals surface area contributed by atoms with E-state index in [1.165, 1.54) is 83.4 Å². The maximum absolute atomic E-state index is 11.8. The fourth-order valence-electron chi connectivity index (χ4n) is 10.7. The van der Waals surface area contributed by atoms with Crippen molar-refractivity contribution in [2.45, 2.75) is 129 Å². The lowest BCUT2D eigenvalue weighted by molar-refractivity contribution is -0.167. The van der Waals surface area contributed by atoms with E-state index in [0.29, 0.717) is 58.8 Å². The number of aliphatic hydroxyl groups excluding tert-OH is 1. The van der Waals surface area contributed by atoms with Crippen molar-refractivity contribution in [3.63, 3.8) is 0 Å². The number of carbonyl (C=O) groups is 1. The molecule has 4 unspecified atom stereocenters. The molecule has 230 valence electrons. The number of nitrogens with one attached hydrogen (secondary N) is 1. The number of carbonyl (C=O) groups excluding carboxylic acids is 1. The first kappa shape index (κ1) is 31.0. The summed E-state index contributed by atoms with van der Waals surface area (Å²) < 4.78 is 4.93. The number of esters is 1. The van der Waals surface area contributed by atoms with Gasteiger partial charge in [0, 0.05) is 24.4 Å². The van der Waals surface area contributed by atoms with Gasteiger partial charge in [-0.2, -0.15) is 0 Å². The third kappa shape index (κ3) is 6.56. The lowest BCUT2D eigenvalue weighted by atomic mass is 9.43. The topological polar surface area (TPSA) is 71.5 Å². The van der Waals surface area contributed by atoms with Gasteiger partial charge < -0.3 is 15.2 Å². The van der Waals surface area contributed by atoms with Crippen LogP contribution in [0.15, 0.2) is 24.4 Å². The summed E-state index contributed by atoms with van der Waals surface area (Å²) in [5.74, 6) is 3.51. The number of unbranched alkanes of at least 4 members (excludes halogenated alkanes) is 3. The van der Waals surface area contributed by atoms with Crippen LogP contribution in [-0.2, 0) is 16.0 Å². The quantitative estimate of drug-likeness (QED) is 0.204. The second kappa shape index (κ2) is 13.5. The average molecular weight is 567 g/mol. The first-order chi connectivity index (χ1) is 19.8. The van der Waals surface area contributed by atoms with Crippen molar-refractivity contribution >= 4 is 5.97 Å². The lowest BCUT2D eigenvalue weighted by Gasteiger charge is -2.62. The van der Waals surface area contributed by atoms with Crippen LogP contribution in [0.25, 0.3) is 0 Å². The largest absolute Gasteiger partial charge is 0.469 e. The Morgan fingerprint density at radius 2 is 1.83 bits per heavy atom. The normalized spacial score (nSPS) is 38.9. The number of fused-ring (bicyclic) bond motifs is 5. The first-order valence-corrected chi connectivity index (χ1v) is 17.1. The molecule has 1 aromatic heterocycles. The van der Waals surface area contributed by atoms with E-state index in [2.05, 4.69) is 43.2 Å². The van der Waals surface area contributed by atoms with E-state index in [1.54, 1.807) is 0 Å². The SMILES string of the molecule is COC(=O)CC[C@@H](C)[C@H]1CCC2C3C(O)C[C@H]4C[C@H](NCCCCCCc5ccccn5)CC[C@]4(C)C3CC[C@@]21C. The molecule has 0 radical (unpaired) electrons. The van der Waals surface area contributed by atoms with Crippen LogP contribution in [-0.4, -0.2) is 41.9 Å². The van der Waals surface area contributed by atoms with Crippen LogP contribution in [0.4, 0.5) is 0 Å². The number of hydrogen-bond acceptors (Lipinski definition) is 5. The molecule has 5 heteroatoms. The summed E-state index contributed by atoms with van der Waals surface area (Å²) in [7, 11) is 1.50. The molecule has 0 amide bonds. The minimum absolute atomic E-state index is 0.0800. The van der Waals surface area contributed by atoms with Gasteiger partial charge in [0.15, 0.2) is 0 Å². The van der Waals surface area contributed by atoms with Gasteiger partial charge in [-0.3, -0.25) is 9.78 Å². The van der Waals surface area contributed by atoms with E-state index < -0.39 is 0 Å². The molecule has 4 aliphatic carbocycles. The van der Waals surface area contributed by atoms with Crippen molar-refractivity contribution in [1.29, 1.82) is 0 Å². The van der Waals surface area contributed by atoms with Crippen molar-refractivity contribution in [3.8, 4) is 0 Å². The van der Waals surface area contributed by atoms with E-state index >= 15 is 0 Å². The minimum atomic E-state index is -0.148. The molecule has 41 heavy (non-hydrogen) atoms. The van der Waals surface area contributed by atoms with Crippen LogP contribution in [0.5, 0.6) is 0 Å². The Hall–Kier alpha value is -1.46. The van der Waals surface area contributed by atoms with Crippen LogP contribution >= 0.6 is 0 Å². The van der Waals surface area contributed by atoms with Gasteiger partial charge in [0.1, 0.15) is 0 Å². The van der Waals surface area contributed by atoms with E-state index in [-0.39, 0.29) is 12.1 Å². The van der Waals surface area contributed by atoms with Crippen molar-refractivity contribution in [3.05, 3.63) is 30.1 Å². The zero-order valence-corrected chi connectivity index (χ0v) is 26.5. The van der Waals surface area contributed by atoms with Crippen LogP contribution in [0.2, 0.25) is 0 Å². The number of hydrogen-bond donors (Lipinski definition) is 2. The summed E-state index contributed by atoms with van der Waals surface area (Å²) in [6.07, 6.45) is 19.3. The predicted octanol–water partition coefficient (Wildman–Crippen LogP) is 7.36. The van der Waals surface area contributed by atoms with Crippen molar-refractivity contribution in [1.82, 2.24) is 10.3 Å². The Morgan fingerprint density at radius 3 is 2.61 bits per heavy atom. The maximum atomic E-state index is 11.8. The monoisotopic (exact) mass is 566 g/mol. The molecule has 0 aromatic carbocycles. The van der Waals surface area contributed by atoms with Crippen molar-refractivity contribution in [2.75, 3.05) is 13.7 Å². The average Bonchev–Trinajstić information content (AvgIpc) is 3.33. The fourth-order valence-corrected chi connectivity index (χ4v) is 10.7. The molecule has 10 atom stereocenters. The van der Waals surface area contributed by atoms with Crippen LogP contribution < -0.4 is 5.32 Å². The van der Waals surface area contributed by atoms with Gasteiger partial charge in [0.25, 0.3) is 0 Å². The van der Waals surface area contributed by atoms with Gasteiger partial charge >= 0.3 is 5.97 Å². The number of rotatable bonds is 12. The van der Waals surface area contributed by atoms with E-state index in [9.17, 15) is 9.90 Å². The highest BCUT2D eigenvalue weighted by Crippen LogP contribution is 2.68. The minimum Gasteiger partial charge on any atom is -0.469 e. The zero-order valence-electron chi connectivity index (χ0n) is 26.5.